The molecule has 1 heterocycles. The van der Waals surface area contributed by atoms with Crippen LogP contribution in [0.5, 0.6) is 11.5 Å². The maximum absolute atomic E-state index is 12.8. The van der Waals surface area contributed by atoms with E-state index < -0.39 is 35.9 Å². The molecule has 0 bridgehead atoms. The molecular formula is C24H26F3N3O5. The first-order chi connectivity index (χ1) is 16.5. The molecule has 2 amide bonds. The summed E-state index contributed by atoms with van der Waals surface area (Å²) in [5.74, 6) is -3.63. The molecule has 2 aromatic rings. The number of rotatable bonds is 6. The Morgan fingerprint density at radius 3 is 2.29 bits per heavy atom. The summed E-state index contributed by atoms with van der Waals surface area (Å²) in [5.41, 5.74) is 2.83. The number of nitrogens with one attached hydrogen (secondary N) is 2. The normalized spacial score (nSPS) is 18.3. The zero-order valence-corrected chi connectivity index (χ0v) is 19.4. The molecule has 0 saturated carbocycles. The van der Waals surface area contributed by atoms with Crippen molar-refractivity contribution >= 4 is 17.8 Å². The molecule has 0 aliphatic carbocycles. The van der Waals surface area contributed by atoms with E-state index in [9.17, 15) is 27.6 Å². The van der Waals surface area contributed by atoms with Crippen LogP contribution in [0.3, 0.4) is 0 Å². The van der Waals surface area contributed by atoms with Gasteiger partial charge in [-0.25, -0.2) is 4.79 Å². The molecule has 2 N–H and O–H groups in total. The zero-order chi connectivity index (χ0) is 25.8. The van der Waals surface area contributed by atoms with Crippen LogP contribution in [0, 0.1) is 12.8 Å². The van der Waals surface area contributed by atoms with Gasteiger partial charge in [0.05, 0.1) is 12.0 Å². The highest BCUT2D eigenvalue weighted by atomic mass is 19.4. The second-order valence-corrected chi connectivity index (χ2v) is 8.48. The number of benzene rings is 2. The number of para-hydroxylation sites is 1. The molecule has 2 atom stereocenters. The van der Waals surface area contributed by atoms with Crippen molar-refractivity contribution < 1.29 is 37.1 Å². The molecule has 0 radical (unpaired) electrons. The molecule has 1 aliphatic rings. The average molecular weight is 493 g/mol. The first kappa shape index (κ1) is 26.0. The van der Waals surface area contributed by atoms with E-state index in [1.54, 1.807) is 29.7 Å². The number of aryl methyl sites for hydroxylation is 1. The third-order valence-electron chi connectivity index (χ3n) is 5.65. The van der Waals surface area contributed by atoms with Gasteiger partial charge in [-0.15, -0.1) is 0 Å². The minimum atomic E-state index is -5.24. The molecule has 188 valence electrons. The first-order valence-electron chi connectivity index (χ1n) is 10.9. The Bertz CT molecular complexity index is 1070. The number of likely N-dealkylation sites (tertiary alicyclic amines) is 1. The molecule has 1 saturated heterocycles. The van der Waals surface area contributed by atoms with Crippen LogP contribution in [-0.4, -0.2) is 54.0 Å². The van der Waals surface area contributed by atoms with Gasteiger partial charge in [0.2, 0.25) is 0 Å². The molecule has 3 rings (SSSR count). The lowest BCUT2D eigenvalue weighted by Gasteiger charge is -2.20. The highest BCUT2D eigenvalue weighted by molar-refractivity contribution is 5.95. The second kappa shape index (κ2) is 10.8. The van der Waals surface area contributed by atoms with Crippen LogP contribution < -0.4 is 15.5 Å². The maximum Gasteiger partial charge on any atom is 0.493 e. The number of amides is 2. The lowest BCUT2D eigenvalue weighted by molar-refractivity contribution is -0.208. The first-order valence-corrected chi connectivity index (χ1v) is 10.9. The van der Waals surface area contributed by atoms with Crippen LogP contribution in [0.25, 0.3) is 0 Å². The predicted octanol–water partition coefficient (Wildman–Crippen LogP) is 3.36. The van der Waals surface area contributed by atoms with Crippen molar-refractivity contribution in [3.63, 3.8) is 0 Å². The maximum atomic E-state index is 12.8. The quantitative estimate of drug-likeness (QED) is 0.599. The molecule has 11 heteroatoms. The van der Waals surface area contributed by atoms with Crippen LogP contribution in [0.2, 0.25) is 0 Å². The number of ether oxygens (including phenoxy) is 1. The number of carbonyl (C=O) groups is 3. The molecule has 0 aromatic heterocycles. The Labute approximate surface area is 200 Å². The third kappa shape index (κ3) is 6.72. The minimum Gasteiger partial charge on any atom is -0.457 e. The van der Waals surface area contributed by atoms with Crippen molar-refractivity contribution in [1.29, 1.82) is 0 Å². The van der Waals surface area contributed by atoms with E-state index in [0.29, 0.717) is 23.6 Å². The van der Waals surface area contributed by atoms with E-state index in [4.69, 9.17) is 4.74 Å². The van der Waals surface area contributed by atoms with Gasteiger partial charge in [0, 0.05) is 24.7 Å². The van der Waals surface area contributed by atoms with E-state index in [1.165, 1.54) is 0 Å². The van der Waals surface area contributed by atoms with Crippen molar-refractivity contribution in [2.24, 2.45) is 5.92 Å². The van der Waals surface area contributed by atoms with Gasteiger partial charge < -0.3 is 14.9 Å². The highest BCUT2D eigenvalue weighted by Crippen LogP contribution is 2.25. The predicted molar refractivity (Wildman–Crippen MR) is 119 cm³/mol. The largest absolute Gasteiger partial charge is 0.493 e. The monoisotopic (exact) mass is 493 g/mol. The number of carbonyl (C=O) groups excluding carboxylic acids is 3. The summed E-state index contributed by atoms with van der Waals surface area (Å²) in [6.07, 6.45) is -5.24. The van der Waals surface area contributed by atoms with Crippen molar-refractivity contribution in [1.82, 2.24) is 15.7 Å². The van der Waals surface area contributed by atoms with Gasteiger partial charge in [0.25, 0.3) is 11.8 Å². The lowest BCUT2D eigenvalue weighted by Crippen LogP contribution is -2.47. The summed E-state index contributed by atoms with van der Waals surface area (Å²) in [6, 6.07) is 13.2. The van der Waals surface area contributed by atoms with Crippen LogP contribution in [0.1, 0.15) is 29.8 Å². The summed E-state index contributed by atoms with van der Waals surface area (Å²) < 4.78 is 42.9. The van der Waals surface area contributed by atoms with Crippen LogP contribution >= 0.6 is 0 Å². The standard InChI is InChI=1S/C24H26F3N3O5/c1-14(2)30-12-18(22(32)29-35-23(33)24(25,26)27)19(13-30)28-21(31)16-8-10-17(11-9-16)34-20-7-5-4-6-15(20)3/h4-11,14,18-19H,12-13H2,1-3H3,(H,28,31)(H,29,32)/t18-,19+/m0/s1. The van der Waals surface area contributed by atoms with Gasteiger partial charge in [-0.05, 0) is 56.7 Å². The van der Waals surface area contributed by atoms with Gasteiger partial charge >= 0.3 is 12.1 Å². The molecular weight excluding hydrogens is 467 g/mol. The van der Waals surface area contributed by atoms with E-state index in [2.05, 4.69) is 10.2 Å². The van der Waals surface area contributed by atoms with Crippen LogP contribution in [0.15, 0.2) is 48.5 Å². The number of hydrogen-bond acceptors (Lipinski definition) is 6. The van der Waals surface area contributed by atoms with Gasteiger partial charge in [0.1, 0.15) is 11.5 Å². The number of hydroxylamine groups is 1. The number of halogens is 3. The van der Waals surface area contributed by atoms with Crippen molar-refractivity contribution in [2.45, 2.75) is 39.0 Å². The summed E-state index contributed by atoms with van der Waals surface area (Å²) in [4.78, 5) is 42.0. The molecule has 1 aliphatic heterocycles. The minimum absolute atomic E-state index is 0.0165. The van der Waals surface area contributed by atoms with E-state index in [0.717, 1.165) is 5.56 Å². The third-order valence-corrected chi connectivity index (χ3v) is 5.65. The number of hydrogen-bond donors (Lipinski definition) is 2. The summed E-state index contributed by atoms with van der Waals surface area (Å²) in [5, 5.41) is 2.76. The Morgan fingerprint density at radius 1 is 1.03 bits per heavy atom. The molecule has 1 fully saturated rings. The lowest BCUT2D eigenvalue weighted by atomic mass is 10.0. The van der Waals surface area contributed by atoms with Crippen molar-refractivity contribution in [3.8, 4) is 11.5 Å². The Morgan fingerprint density at radius 2 is 1.69 bits per heavy atom. The molecule has 35 heavy (non-hydrogen) atoms. The van der Waals surface area contributed by atoms with E-state index in [1.807, 2.05) is 49.9 Å². The summed E-state index contributed by atoms with van der Waals surface area (Å²) in [7, 11) is 0. The highest BCUT2D eigenvalue weighted by Gasteiger charge is 2.44. The fourth-order valence-electron chi connectivity index (χ4n) is 3.62. The number of nitrogens with zero attached hydrogens (tertiary/aromatic N) is 1. The Balaban J connectivity index is 1.65. The fourth-order valence-corrected chi connectivity index (χ4v) is 3.62. The zero-order valence-electron chi connectivity index (χ0n) is 19.4. The molecule has 2 aromatic carbocycles. The van der Waals surface area contributed by atoms with E-state index in [-0.39, 0.29) is 12.6 Å². The van der Waals surface area contributed by atoms with E-state index >= 15 is 0 Å². The van der Waals surface area contributed by atoms with Gasteiger partial charge in [-0.2, -0.15) is 18.7 Å². The Kier molecular flexibility index (Phi) is 8.00. The Hall–Kier alpha value is -3.60. The fraction of sp³-hybridized carbons (Fsp3) is 0.375. The second-order valence-electron chi connectivity index (χ2n) is 8.48. The van der Waals surface area contributed by atoms with Crippen LogP contribution in [0.4, 0.5) is 13.2 Å². The summed E-state index contributed by atoms with van der Waals surface area (Å²) in [6.45, 7) is 6.15. The average Bonchev–Trinajstić information content (AvgIpc) is 3.22. The van der Waals surface area contributed by atoms with Crippen molar-refractivity contribution in [2.75, 3.05) is 13.1 Å². The number of alkyl halides is 3. The van der Waals surface area contributed by atoms with Crippen molar-refractivity contribution in [3.05, 3.63) is 59.7 Å². The van der Waals surface area contributed by atoms with Gasteiger partial charge in [0.15, 0.2) is 0 Å². The molecule has 8 nitrogen and oxygen atoms in total. The van der Waals surface area contributed by atoms with Crippen LogP contribution in [-0.2, 0) is 14.4 Å². The van der Waals surface area contributed by atoms with Gasteiger partial charge in [-0.1, -0.05) is 18.2 Å². The smallest absolute Gasteiger partial charge is 0.457 e. The topological polar surface area (TPSA) is 97.0 Å². The molecule has 0 spiro atoms. The SMILES string of the molecule is Cc1ccccc1Oc1ccc(C(=O)N[C@@H]2CN(C(C)C)C[C@@H]2C(=O)NOC(=O)C(F)(F)F)cc1. The molecule has 0 unspecified atom stereocenters. The summed E-state index contributed by atoms with van der Waals surface area (Å²) >= 11 is 0. The van der Waals surface area contributed by atoms with Gasteiger partial charge in [-0.3, -0.25) is 14.5 Å².